The third kappa shape index (κ3) is 5.33. The zero-order valence-corrected chi connectivity index (χ0v) is 25.3. The number of thiophene rings is 1. The van der Waals surface area contributed by atoms with Crippen LogP contribution >= 0.6 is 11.3 Å². The highest BCUT2D eigenvalue weighted by Crippen LogP contribution is 2.37. The molecule has 1 spiro atoms. The first-order valence-corrected chi connectivity index (χ1v) is 16.3. The van der Waals surface area contributed by atoms with E-state index in [1.54, 1.807) is 0 Å². The molecule has 0 radical (unpaired) electrons. The first-order valence-electron chi connectivity index (χ1n) is 15.5. The monoisotopic (exact) mass is 570 g/mol. The van der Waals surface area contributed by atoms with Gasteiger partial charge in [0.05, 0.1) is 12.1 Å². The number of aryl methyl sites for hydroxylation is 2. The van der Waals surface area contributed by atoms with Gasteiger partial charge in [-0.05, 0) is 86.1 Å². The van der Waals surface area contributed by atoms with Crippen molar-refractivity contribution in [3.05, 3.63) is 58.5 Å². The van der Waals surface area contributed by atoms with Gasteiger partial charge in [-0.3, -0.25) is 9.79 Å². The van der Waals surface area contributed by atoms with Crippen LogP contribution in [0.3, 0.4) is 0 Å². The van der Waals surface area contributed by atoms with Gasteiger partial charge in [-0.15, -0.1) is 11.3 Å². The number of carbonyl (C=O) groups is 1. The number of fused-ring (bicyclic) bond motifs is 1. The molecular weight excluding hydrogens is 528 g/mol. The Morgan fingerprint density at radius 3 is 2.46 bits per heavy atom. The zero-order chi connectivity index (χ0) is 28.1. The Morgan fingerprint density at radius 1 is 1.00 bits per heavy atom. The van der Waals surface area contributed by atoms with Gasteiger partial charge in [0.15, 0.2) is 0 Å². The van der Waals surface area contributed by atoms with Gasteiger partial charge in [0.25, 0.3) is 0 Å². The predicted molar refractivity (Wildman–Crippen MR) is 168 cm³/mol. The number of piperidine rings is 1. The van der Waals surface area contributed by atoms with Gasteiger partial charge < -0.3 is 19.8 Å². The third-order valence-corrected chi connectivity index (χ3v) is 11.2. The Labute approximate surface area is 247 Å². The quantitative estimate of drug-likeness (QED) is 0.417. The van der Waals surface area contributed by atoms with Crippen LogP contribution in [0.15, 0.2) is 47.5 Å². The summed E-state index contributed by atoms with van der Waals surface area (Å²) in [6.45, 7) is 11.1. The Kier molecular flexibility index (Phi) is 7.16. The normalized spacial score (nSPS) is 22.7. The molecule has 41 heavy (non-hydrogen) atoms. The average Bonchev–Trinajstić information content (AvgIpc) is 3.55. The Morgan fingerprint density at radius 2 is 1.73 bits per heavy atom. The van der Waals surface area contributed by atoms with Crippen LogP contribution in [0, 0.1) is 25.7 Å². The van der Waals surface area contributed by atoms with E-state index in [1.807, 2.05) is 11.3 Å². The van der Waals surface area contributed by atoms with E-state index in [0.29, 0.717) is 17.7 Å². The summed E-state index contributed by atoms with van der Waals surface area (Å²) < 4.78 is 1.36. The number of carbonyl (C=O) groups excluding carboxylic acids is 1. The van der Waals surface area contributed by atoms with Crippen LogP contribution in [0.1, 0.15) is 48.1 Å². The van der Waals surface area contributed by atoms with Gasteiger partial charge in [0, 0.05) is 66.9 Å². The summed E-state index contributed by atoms with van der Waals surface area (Å²) in [5, 5.41) is 10.8. The number of amides is 1. The lowest BCUT2D eigenvalue weighted by atomic mass is 9.88. The molecule has 1 saturated carbocycles. The van der Waals surface area contributed by atoms with Crippen molar-refractivity contribution in [1.82, 2.24) is 14.7 Å². The molecule has 1 amide bonds. The fourth-order valence-corrected chi connectivity index (χ4v) is 8.23. The van der Waals surface area contributed by atoms with Crippen molar-refractivity contribution in [2.75, 3.05) is 52.4 Å². The maximum atomic E-state index is 12.7. The molecule has 4 heterocycles. The molecule has 1 unspecified atom stereocenters. The first kappa shape index (κ1) is 27.1. The highest BCUT2D eigenvalue weighted by molar-refractivity contribution is 7.19. The number of amidine groups is 1. The van der Waals surface area contributed by atoms with Gasteiger partial charge in [-0.25, -0.2) is 0 Å². The Bertz CT molecular complexity index is 1470. The molecule has 7 rings (SSSR count). The molecule has 1 N–H and O–H groups in total. The van der Waals surface area contributed by atoms with Crippen molar-refractivity contribution in [3.8, 4) is 11.1 Å². The smallest absolute Gasteiger partial charge is 0.225 e. The maximum Gasteiger partial charge on any atom is 0.225 e. The Balaban J connectivity index is 1.13. The summed E-state index contributed by atoms with van der Waals surface area (Å²) in [5.41, 5.74) is 5.02. The van der Waals surface area contributed by atoms with Gasteiger partial charge in [-0.1, -0.05) is 30.3 Å². The first-order chi connectivity index (χ1) is 19.9. The standard InChI is InChI=1S/C34H42N4O2S/c1-23-24(2)41-31-10-9-29(19-30(23)31)26-3-5-27(6-4-26)32-35-34(12-15-36(16-13-34)17-18-39)22-38(32)21-25-11-14-37(20-25)33(40)28-7-8-28/h3-6,9-10,19,25,28,39H,7-8,11-18,20-22H2,1-2H3. The number of rotatable bonds is 7. The average molecular weight is 571 g/mol. The minimum Gasteiger partial charge on any atom is -0.395 e. The van der Waals surface area contributed by atoms with Crippen molar-refractivity contribution < 1.29 is 9.90 Å². The zero-order valence-electron chi connectivity index (χ0n) is 24.4. The fourth-order valence-electron chi connectivity index (χ4n) is 7.18. The molecule has 2 aromatic carbocycles. The van der Waals surface area contributed by atoms with E-state index in [1.165, 1.54) is 37.2 Å². The molecule has 3 fully saturated rings. The number of aliphatic imine (C=N–C) groups is 1. The number of benzene rings is 2. The molecule has 1 aromatic heterocycles. The van der Waals surface area contributed by atoms with Gasteiger partial charge in [0.2, 0.25) is 5.91 Å². The predicted octanol–water partition coefficient (Wildman–Crippen LogP) is 5.33. The van der Waals surface area contributed by atoms with Crippen LogP contribution in [0.5, 0.6) is 0 Å². The highest BCUT2D eigenvalue weighted by Gasteiger charge is 2.43. The number of hydrogen-bond acceptors (Lipinski definition) is 6. The minimum absolute atomic E-state index is 0.0541. The summed E-state index contributed by atoms with van der Waals surface area (Å²) in [5.74, 6) is 2.31. The largest absolute Gasteiger partial charge is 0.395 e. The lowest BCUT2D eigenvalue weighted by Gasteiger charge is -2.37. The van der Waals surface area contributed by atoms with Crippen LogP contribution in [0.4, 0.5) is 0 Å². The molecule has 6 nitrogen and oxygen atoms in total. The molecule has 216 valence electrons. The van der Waals surface area contributed by atoms with Crippen molar-refractivity contribution >= 4 is 33.2 Å². The summed E-state index contributed by atoms with van der Waals surface area (Å²) >= 11 is 1.88. The Hall–Kier alpha value is -2.74. The maximum absolute atomic E-state index is 12.7. The van der Waals surface area contributed by atoms with Crippen LogP contribution in [-0.2, 0) is 4.79 Å². The molecule has 3 aliphatic heterocycles. The van der Waals surface area contributed by atoms with Gasteiger partial charge in [0.1, 0.15) is 5.84 Å². The highest BCUT2D eigenvalue weighted by atomic mass is 32.1. The lowest BCUT2D eigenvalue weighted by Crippen LogP contribution is -2.47. The third-order valence-electron chi connectivity index (χ3n) is 9.98. The topological polar surface area (TPSA) is 59.4 Å². The van der Waals surface area contributed by atoms with Crippen LogP contribution in [0.2, 0.25) is 0 Å². The number of β-amino-alcohol motifs (C(OH)–C–C–N with tert-alkyl or cyclic N) is 1. The molecule has 7 heteroatoms. The number of likely N-dealkylation sites (tertiary alicyclic amines) is 2. The molecule has 3 aromatic rings. The van der Waals surface area contributed by atoms with E-state index >= 15 is 0 Å². The second-order valence-electron chi connectivity index (χ2n) is 12.9. The van der Waals surface area contributed by atoms with Crippen LogP contribution in [0.25, 0.3) is 21.2 Å². The van der Waals surface area contributed by atoms with E-state index in [2.05, 4.69) is 71.0 Å². The van der Waals surface area contributed by atoms with Crippen molar-refractivity contribution in [1.29, 1.82) is 0 Å². The van der Waals surface area contributed by atoms with Crippen molar-refractivity contribution in [3.63, 3.8) is 0 Å². The molecule has 2 saturated heterocycles. The molecule has 0 bridgehead atoms. The molecule has 1 aliphatic carbocycles. The number of nitrogens with zero attached hydrogens (tertiary/aromatic N) is 4. The number of hydrogen-bond donors (Lipinski definition) is 1. The van der Waals surface area contributed by atoms with E-state index < -0.39 is 0 Å². The summed E-state index contributed by atoms with van der Waals surface area (Å²) in [6.07, 6.45) is 5.30. The van der Waals surface area contributed by atoms with E-state index in [0.717, 1.165) is 83.8 Å². The van der Waals surface area contributed by atoms with Crippen LogP contribution in [-0.4, -0.2) is 89.5 Å². The van der Waals surface area contributed by atoms with Gasteiger partial charge >= 0.3 is 0 Å². The molecule has 1 atom stereocenters. The van der Waals surface area contributed by atoms with E-state index in [-0.39, 0.29) is 12.1 Å². The van der Waals surface area contributed by atoms with Crippen molar-refractivity contribution in [2.45, 2.75) is 51.5 Å². The summed E-state index contributed by atoms with van der Waals surface area (Å²) in [6, 6.07) is 15.9. The number of aliphatic hydroxyl groups excluding tert-OH is 1. The summed E-state index contributed by atoms with van der Waals surface area (Å²) in [7, 11) is 0. The lowest BCUT2D eigenvalue weighted by molar-refractivity contribution is -0.131. The van der Waals surface area contributed by atoms with E-state index in [4.69, 9.17) is 4.99 Å². The second kappa shape index (κ2) is 10.8. The van der Waals surface area contributed by atoms with E-state index in [9.17, 15) is 9.90 Å². The minimum atomic E-state index is -0.0541. The molecular formula is C34H42N4O2S. The number of aliphatic hydroxyl groups is 1. The fraction of sp³-hybridized carbons (Fsp3) is 0.529. The van der Waals surface area contributed by atoms with Crippen molar-refractivity contribution in [2.24, 2.45) is 16.8 Å². The molecule has 4 aliphatic rings. The van der Waals surface area contributed by atoms with Gasteiger partial charge in [-0.2, -0.15) is 0 Å². The SMILES string of the molecule is Cc1sc2ccc(-c3ccc(C4=NC5(CCN(CCO)CC5)CN4CC4CCN(C(=O)C5CC5)C4)cc3)cc2c1C. The second-order valence-corrected chi connectivity index (χ2v) is 14.1. The summed E-state index contributed by atoms with van der Waals surface area (Å²) in [4.78, 5) is 26.6. The van der Waals surface area contributed by atoms with Crippen LogP contribution < -0.4 is 0 Å².